The number of nitriles is 1. The topological polar surface area (TPSA) is 70.3 Å². The molecule has 1 aromatic rings. The molecule has 0 aliphatic heterocycles. The number of phenols is 1. The molecule has 1 aromatic carbocycles. The number of rotatable bonds is 31. The summed E-state index contributed by atoms with van der Waals surface area (Å²) in [5, 5.41) is 19.9. The summed E-state index contributed by atoms with van der Waals surface area (Å²) in [6.07, 6.45) is 35.7. The van der Waals surface area contributed by atoms with E-state index in [9.17, 15) is 15.2 Å². The van der Waals surface area contributed by atoms with E-state index in [-0.39, 0.29) is 11.3 Å². The summed E-state index contributed by atoms with van der Waals surface area (Å²) in [5.41, 5.74) is 0.807. The molecule has 0 heterocycles. The van der Waals surface area contributed by atoms with Crippen molar-refractivity contribution in [2.75, 3.05) is 24.6 Å². The Morgan fingerprint density at radius 1 is 0.596 bits per heavy atom. The third-order valence-electron chi connectivity index (χ3n) is 10.2. The number of phenolic OH excluding ortho intramolecular Hbond substituents is 1. The van der Waals surface area contributed by atoms with E-state index in [0.29, 0.717) is 0 Å². The SMILES string of the molecule is CCCCCCCCCCCCCCP(CCCCCC)(CCCCCC)(CCCCCC)OC(=O)/C(C#N)=C/c1ccc(O)cc1. The van der Waals surface area contributed by atoms with Crippen LogP contribution in [0.5, 0.6) is 5.75 Å². The molecule has 47 heavy (non-hydrogen) atoms. The van der Waals surface area contributed by atoms with Gasteiger partial charge in [-0.3, -0.25) is 0 Å². The van der Waals surface area contributed by atoms with Crippen molar-refractivity contribution in [1.82, 2.24) is 0 Å². The zero-order chi connectivity index (χ0) is 34.5. The fourth-order valence-corrected chi connectivity index (χ4v) is 13.5. The third kappa shape index (κ3) is 19.1. The summed E-state index contributed by atoms with van der Waals surface area (Å²) < 4.78 is 7.07. The molecule has 5 heteroatoms. The van der Waals surface area contributed by atoms with Crippen LogP contribution in [0.1, 0.15) is 187 Å². The predicted octanol–water partition coefficient (Wildman–Crippen LogP) is 13.8. The van der Waals surface area contributed by atoms with Crippen molar-refractivity contribution in [3.05, 3.63) is 35.4 Å². The van der Waals surface area contributed by atoms with E-state index < -0.39 is 12.8 Å². The maximum atomic E-state index is 14.1. The summed E-state index contributed by atoms with van der Waals surface area (Å²) in [4.78, 5) is 14.1. The maximum absolute atomic E-state index is 14.1. The van der Waals surface area contributed by atoms with Gasteiger partial charge >= 0.3 is 279 Å². The number of hydrogen-bond acceptors (Lipinski definition) is 4. The van der Waals surface area contributed by atoms with Gasteiger partial charge in [-0.1, -0.05) is 13.3 Å². The average molecular weight is 672 g/mol. The van der Waals surface area contributed by atoms with E-state index in [2.05, 4.69) is 33.8 Å². The third-order valence-corrected chi connectivity index (χ3v) is 16.7. The normalized spacial score (nSPS) is 12.8. The molecule has 4 nitrogen and oxygen atoms in total. The average Bonchev–Trinajstić information content (AvgIpc) is 3.07. The van der Waals surface area contributed by atoms with Crippen LogP contribution in [0.2, 0.25) is 0 Å². The molecule has 0 saturated carbocycles. The molecule has 0 aliphatic rings. The Morgan fingerprint density at radius 2 is 0.915 bits per heavy atom. The molecule has 0 spiro atoms. The van der Waals surface area contributed by atoms with Gasteiger partial charge in [-0.15, -0.1) is 0 Å². The molecular formula is C42H74NO3P. The summed E-state index contributed by atoms with van der Waals surface area (Å²) in [5.74, 6) is -0.250. The van der Waals surface area contributed by atoms with Crippen LogP contribution >= 0.6 is 6.83 Å². The first kappa shape index (κ1) is 43.2. The van der Waals surface area contributed by atoms with Gasteiger partial charge in [-0.05, 0) is 0 Å². The van der Waals surface area contributed by atoms with Crippen molar-refractivity contribution in [2.45, 2.75) is 182 Å². The predicted molar refractivity (Wildman–Crippen MR) is 208 cm³/mol. The molecule has 0 atom stereocenters. The van der Waals surface area contributed by atoms with E-state index in [1.54, 1.807) is 30.3 Å². The Kier molecular flexibility index (Phi) is 24.8. The molecule has 0 saturated heterocycles. The first-order chi connectivity index (χ1) is 22.9. The van der Waals surface area contributed by atoms with E-state index in [4.69, 9.17) is 4.52 Å². The van der Waals surface area contributed by atoms with Gasteiger partial charge in [0.2, 0.25) is 0 Å². The number of benzene rings is 1. The van der Waals surface area contributed by atoms with Crippen molar-refractivity contribution in [3.63, 3.8) is 0 Å². The van der Waals surface area contributed by atoms with Crippen LogP contribution in [-0.2, 0) is 9.32 Å². The van der Waals surface area contributed by atoms with Crippen LogP contribution in [0.25, 0.3) is 6.08 Å². The van der Waals surface area contributed by atoms with E-state index >= 15 is 0 Å². The molecule has 0 aliphatic carbocycles. The van der Waals surface area contributed by atoms with Gasteiger partial charge in [0.1, 0.15) is 0 Å². The summed E-state index contributed by atoms with van der Waals surface area (Å²) >= 11 is 0. The zero-order valence-electron chi connectivity index (χ0n) is 31.3. The Hall–Kier alpha value is -1.85. The van der Waals surface area contributed by atoms with Gasteiger partial charge in [0.15, 0.2) is 0 Å². The monoisotopic (exact) mass is 672 g/mol. The van der Waals surface area contributed by atoms with Crippen molar-refractivity contribution in [1.29, 1.82) is 5.26 Å². The molecule has 0 bridgehead atoms. The summed E-state index contributed by atoms with van der Waals surface area (Å²) in [7, 11) is 0. The molecule has 0 radical (unpaired) electrons. The van der Waals surface area contributed by atoms with Crippen molar-refractivity contribution < 1.29 is 14.4 Å². The van der Waals surface area contributed by atoms with Gasteiger partial charge in [-0.25, -0.2) is 0 Å². The van der Waals surface area contributed by atoms with Gasteiger partial charge in [0.05, 0.1) is 0 Å². The first-order valence-corrected chi connectivity index (χ1v) is 22.9. The minimum atomic E-state index is -2.96. The van der Waals surface area contributed by atoms with Crippen LogP contribution in [0, 0.1) is 11.3 Å². The number of carbonyl (C=O) groups is 1. The van der Waals surface area contributed by atoms with Gasteiger partial charge in [-0.2, -0.15) is 0 Å². The molecule has 0 aromatic heterocycles. The summed E-state index contributed by atoms with van der Waals surface area (Å²) in [6.45, 7) is 6.10. The molecular weight excluding hydrogens is 597 g/mol. The Bertz CT molecular complexity index is 962. The molecule has 0 amide bonds. The second-order valence-electron chi connectivity index (χ2n) is 14.5. The van der Waals surface area contributed by atoms with E-state index in [1.165, 1.54) is 128 Å². The quantitative estimate of drug-likeness (QED) is 0.0369. The van der Waals surface area contributed by atoms with Gasteiger partial charge < -0.3 is 0 Å². The van der Waals surface area contributed by atoms with Crippen LogP contribution in [-0.4, -0.2) is 35.7 Å². The Balaban J connectivity index is 3.23. The van der Waals surface area contributed by atoms with Crippen molar-refractivity contribution in [2.24, 2.45) is 0 Å². The van der Waals surface area contributed by atoms with E-state index in [0.717, 1.165) is 55.9 Å². The molecule has 1 rings (SSSR count). The standard InChI is InChI=1S/C42H74NO3P/c1-5-9-13-17-18-19-20-21-22-23-24-28-36-47(33-25-14-10-6-2,34-26-15-11-7-3,35-27-16-12-8-4)46-42(45)40(38-43)37-39-29-31-41(44)32-30-39/h29-32,37,44H,5-28,33-36H2,1-4H3/b40-37+. The second kappa shape index (κ2) is 27.0. The van der Waals surface area contributed by atoms with Crippen LogP contribution < -0.4 is 0 Å². The molecule has 270 valence electrons. The number of hydrogen-bond donors (Lipinski definition) is 1. The van der Waals surface area contributed by atoms with E-state index in [1.807, 2.05) is 0 Å². The Labute approximate surface area is 291 Å². The fraction of sp³-hybridized carbons (Fsp3) is 0.762. The van der Waals surface area contributed by atoms with Crippen LogP contribution in [0.4, 0.5) is 0 Å². The number of nitrogens with zero attached hydrogens (tertiary/aromatic N) is 1. The zero-order valence-corrected chi connectivity index (χ0v) is 32.2. The van der Waals surface area contributed by atoms with Gasteiger partial charge in [0.25, 0.3) is 0 Å². The number of aromatic hydroxyl groups is 1. The minimum absolute atomic E-state index is 0.0788. The first-order valence-electron chi connectivity index (χ1n) is 20.0. The van der Waals surface area contributed by atoms with Crippen molar-refractivity contribution >= 4 is 18.9 Å². The number of unbranched alkanes of at least 4 members (excludes halogenated alkanes) is 20. The second-order valence-corrected chi connectivity index (χ2v) is 20.2. The molecule has 0 unspecified atom stereocenters. The van der Waals surface area contributed by atoms with Crippen LogP contribution in [0.15, 0.2) is 29.8 Å². The molecule has 1 N–H and O–H groups in total. The fourth-order valence-electron chi connectivity index (χ4n) is 7.18. The molecule has 0 fully saturated rings. The Morgan fingerprint density at radius 3 is 1.26 bits per heavy atom. The van der Waals surface area contributed by atoms with Crippen LogP contribution in [0.3, 0.4) is 0 Å². The van der Waals surface area contributed by atoms with Gasteiger partial charge in [0, 0.05) is 0 Å². The number of carbonyl (C=O) groups excluding carboxylic acids is 1. The summed E-state index contributed by atoms with van der Waals surface area (Å²) in [6, 6.07) is 8.86. The van der Waals surface area contributed by atoms with Crippen molar-refractivity contribution in [3.8, 4) is 11.8 Å².